The van der Waals surface area contributed by atoms with Crippen molar-refractivity contribution in [3.63, 3.8) is 0 Å². The van der Waals surface area contributed by atoms with Crippen molar-refractivity contribution >= 4 is 15.2 Å². The van der Waals surface area contributed by atoms with Crippen molar-refractivity contribution in [2.24, 2.45) is 0 Å². The number of carbonyl (C=O) groups is 1. The number of benzene rings is 1. The first-order valence-electron chi connectivity index (χ1n) is 9.44. The van der Waals surface area contributed by atoms with E-state index in [0.29, 0.717) is 17.2 Å². The summed E-state index contributed by atoms with van der Waals surface area (Å²) in [5.74, 6) is 0.989. The molecule has 0 spiro atoms. The summed E-state index contributed by atoms with van der Waals surface area (Å²) in [6.45, 7) is 2.09. The van der Waals surface area contributed by atoms with Crippen LogP contribution in [0.15, 0.2) is 12.1 Å². The number of methoxy groups -OCH3 is 2. The van der Waals surface area contributed by atoms with Gasteiger partial charge >= 0.3 is 5.97 Å². The van der Waals surface area contributed by atoms with E-state index < -0.39 is 0 Å². The van der Waals surface area contributed by atoms with Crippen molar-refractivity contribution in [2.45, 2.75) is 63.6 Å². The molecule has 26 heavy (non-hydrogen) atoms. The molecule has 0 heterocycles. The van der Waals surface area contributed by atoms with Crippen molar-refractivity contribution < 1.29 is 19.0 Å². The van der Waals surface area contributed by atoms with Crippen LogP contribution in [-0.2, 0) is 4.79 Å². The molecule has 1 fully saturated rings. The third kappa shape index (κ3) is 6.14. The molecule has 1 aromatic rings. The molecule has 5 nitrogen and oxygen atoms in total. The molecule has 1 aromatic carbocycles. The normalized spacial score (nSPS) is 17.5. The Kier molecular flexibility index (Phi) is 8.17. The predicted molar refractivity (Wildman–Crippen MR) is 107 cm³/mol. The third-order valence-electron chi connectivity index (χ3n) is 4.90. The smallest absolute Gasteiger partial charge is 0.325 e. The second-order valence-corrected chi connectivity index (χ2v) is 8.21. The Morgan fingerprint density at radius 1 is 1.04 bits per heavy atom. The standard InChI is InChI=1S/C20H32NO4P/c1-15-12-16(23-2)19(17(13-15)24-3)25-18(22)14-21-20(26)10-8-6-4-5-7-9-11-20/h12-13,21H,4-11,14,26H2,1-3H3. The molecular weight excluding hydrogens is 349 g/mol. The first kappa shape index (κ1) is 21.0. The van der Waals surface area contributed by atoms with Crippen molar-refractivity contribution in [2.75, 3.05) is 20.8 Å². The van der Waals surface area contributed by atoms with Gasteiger partial charge in [0.2, 0.25) is 5.75 Å². The number of esters is 1. The third-order valence-corrected chi connectivity index (χ3v) is 5.68. The zero-order valence-corrected chi connectivity index (χ0v) is 17.4. The van der Waals surface area contributed by atoms with Crippen LogP contribution in [0.2, 0.25) is 0 Å². The van der Waals surface area contributed by atoms with Gasteiger partial charge in [0, 0.05) is 5.28 Å². The van der Waals surface area contributed by atoms with Gasteiger partial charge in [-0.25, -0.2) is 0 Å². The van der Waals surface area contributed by atoms with Crippen LogP contribution in [-0.4, -0.2) is 32.0 Å². The maximum absolute atomic E-state index is 12.4. The van der Waals surface area contributed by atoms with Crippen LogP contribution in [0.3, 0.4) is 0 Å². The van der Waals surface area contributed by atoms with E-state index in [4.69, 9.17) is 14.2 Å². The number of aryl methyl sites for hydroxylation is 1. The Morgan fingerprint density at radius 3 is 2.04 bits per heavy atom. The van der Waals surface area contributed by atoms with Gasteiger partial charge in [-0.05, 0) is 37.5 Å². The fourth-order valence-corrected chi connectivity index (χ4v) is 3.91. The highest BCUT2D eigenvalue weighted by molar-refractivity contribution is 7.18. The molecule has 2 rings (SSSR count). The lowest BCUT2D eigenvalue weighted by molar-refractivity contribution is -0.133. The first-order chi connectivity index (χ1) is 12.5. The molecule has 6 heteroatoms. The maximum atomic E-state index is 12.4. The lowest BCUT2D eigenvalue weighted by atomic mass is 10.0. The average molecular weight is 381 g/mol. The number of rotatable bonds is 6. The fourth-order valence-electron chi connectivity index (χ4n) is 3.40. The van der Waals surface area contributed by atoms with Gasteiger partial charge in [0.25, 0.3) is 0 Å². The average Bonchev–Trinajstić information content (AvgIpc) is 2.73. The summed E-state index contributed by atoms with van der Waals surface area (Å²) in [6.07, 6.45) is 9.65. The Hall–Kier alpha value is -1.32. The van der Waals surface area contributed by atoms with Gasteiger partial charge in [-0.2, -0.15) is 0 Å². The van der Waals surface area contributed by atoms with Crippen LogP contribution in [0.5, 0.6) is 17.2 Å². The molecule has 0 aromatic heterocycles. The molecule has 1 unspecified atom stereocenters. The molecule has 0 amide bonds. The highest BCUT2D eigenvalue weighted by Gasteiger charge is 2.26. The van der Waals surface area contributed by atoms with Crippen LogP contribution < -0.4 is 19.5 Å². The molecule has 1 N–H and O–H groups in total. The first-order valence-corrected chi connectivity index (χ1v) is 10.0. The van der Waals surface area contributed by atoms with Gasteiger partial charge in [0.15, 0.2) is 11.5 Å². The number of hydrogen-bond acceptors (Lipinski definition) is 5. The largest absolute Gasteiger partial charge is 0.493 e. The van der Waals surface area contributed by atoms with Gasteiger partial charge < -0.3 is 14.2 Å². The zero-order chi connectivity index (χ0) is 19.0. The second kappa shape index (κ2) is 10.1. The molecule has 1 aliphatic carbocycles. The number of hydrogen-bond donors (Lipinski definition) is 1. The van der Waals surface area contributed by atoms with Gasteiger partial charge in [-0.1, -0.05) is 38.5 Å². The van der Waals surface area contributed by atoms with E-state index in [0.717, 1.165) is 18.4 Å². The number of nitrogens with one attached hydrogen (secondary N) is 1. The minimum Gasteiger partial charge on any atom is -0.493 e. The van der Waals surface area contributed by atoms with Crippen molar-refractivity contribution in [3.8, 4) is 17.2 Å². The van der Waals surface area contributed by atoms with E-state index in [1.54, 1.807) is 14.2 Å². The van der Waals surface area contributed by atoms with Gasteiger partial charge in [-0.3, -0.25) is 10.1 Å². The van der Waals surface area contributed by atoms with E-state index >= 15 is 0 Å². The van der Waals surface area contributed by atoms with Gasteiger partial charge in [0.05, 0.1) is 20.8 Å². The lowest BCUT2D eigenvalue weighted by Gasteiger charge is -2.30. The van der Waals surface area contributed by atoms with E-state index in [1.807, 2.05) is 19.1 Å². The van der Waals surface area contributed by atoms with Crippen molar-refractivity contribution in [3.05, 3.63) is 17.7 Å². The summed E-state index contributed by atoms with van der Waals surface area (Å²) in [5, 5.41) is 3.31. The number of carbonyl (C=O) groups excluding carboxylic acids is 1. The molecule has 1 atom stereocenters. The topological polar surface area (TPSA) is 56.8 Å². The molecule has 0 aliphatic heterocycles. The summed E-state index contributed by atoms with van der Waals surface area (Å²) >= 11 is 0. The summed E-state index contributed by atoms with van der Waals surface area (Å²) in [4.78, 5) is 12.4. The SMILES string of the molecule is COc1cc(C)cc(OC)c1OC(=O)CNC1(P)CCCCCCCC1. The Bertz CT molecular complexity index is 570. The molecule has 1 aliphatic rings. The van der Waals surface area contributed by atoms with Crippen LogP contribution >= 0.6 is 9.24 Å². The quantitative estimate of drug-likeness (QED) is 0.454. The Balaban J connectivity index is 2.00. The van der Waals surface area contributed by atoms with E-state index in [9.17, 15) is 4.79 Å². The number of ether oxygens (including phenoxy) is 3. The van der Waals surface area contributed by atoms with Gasteiger partial charge in [0.1, 0.15) is 0 Å². The fraction of sp³-hybridized carbons (Fsp3) is 0.650. The molecule has 0 radical (unpaired) electrons. The summed E-state index contributed by atoms with van der Waals surface area (Å²) in [7, 11) is 6.04. The molecular formula is C20H32NO4P. The van der Waals surface area contributed by atoms with E-state index in [-0.39, 0.29) is 17.8 Å². The van der Waals surface area contributed by atoms with Crippen LogP contribution in [0, 0.1) is 6.92 Å². The van der Waals surface area contributed by atoms with E-state index in [2.05, 4.69) is 14.6 Å². The lowest BCUT2D eigenvalue weighted by Crippen LogP contribution is -2.43. The minimum atomic E-state index is -0.341. The van der Waals surface area contributed by atoms with Crippen molar-refractivity contribution in [1.82, 2.24) is 5.32 Å². The van der Waals surface area contributed by atoms with Gasteiger partial charge in [-0.15, -0.1) is 9.24 Å². The minimum absolute atomic E-state index is 0.0925. The van der Waals surface area contributed by atoms with Crippen LogP contribution in [0.1, 0.15) is 56.9 Å². The predicted octanol–water partition coefficient (Wildman–Crippen LogP) is 4.21. The molecule has 0 saturated heterocycles. The summed E-state index contributed by atoms with van der Waals surface area (Å²) in [6, 6.07) is 3.65. The zero-order valence-electron chi connectivity index (χ0n) is 16.2. The van der Waals surface area contributed by atoms with Crippen LogP contribution in [0.25, 0.3) is 0 Å². The molecule has 146 valence electrons. The monoisotopic (exact) mass is 381 g/mol. The summed E-state index contributed by atoms with van der Waals surface area (Å²) < 4.78 is 16.3. The van der Waals surface area contributed by atoms with Crippen molar-refractivity contribution in [1.29, 1.82) is 0 Å². The maximum Gasteiger partial charge on any atom is 0.325 e. The summed E-state index contributed by atoms with van der Waals surface area (Å²) in [5.41, 5.74) is 0.978. The Morgan fingerprint density at radius 2 is 1.54 bits per heavy atom. The molecule has 1 saturated carbocycles. The Labute approximate surface area is 159 Å². The second-order valence-electron chi connectivity index (χ2n) is 7.10. The highest BCUT2D eigenvalue weighted by atomic mass is 31.0. The van der Waals surface area contributed by atoms with Crippen LogP contribution in [0.4, 0.5) is 0 Å². The van der Waals surface area contributed by atoms with E-state index in [1.165, 1.54) is 38.5 Å². The highest BCUT2D eigenvalue weighted by Crippen LogP contribution is 2.38. The molecule has 0 bridgehead atoms.